The highest BCUT2D eigenvalue weighted by molar-refractivity contribution is 5.74. The fourth-order valence-corrected chi connectivity index (χ4v) is 2.31. The summed E-state index contributed by atoms with van der Waals surface area (Å²) >= 11 is 0. The molecule has 0 bridgehead atoms. The summed E-state index contributed by atoms with van der Waals surface area (Å²) < 4.78 is 5.36. The van der Waals surface area contributed by atoms with E-state index in [1.807, 2.05) is 25.1 Å². The lowest BCUT2D eigenvalue weighted by atomic mass is 9.86. The van der Waals surface area contributed by atoms with Gasteiger partial charge in [0.2, 0.25) is 0 Å². The fraction of sp³-hybridized carbons (Fsp3) is 0.400. The Balaban J connectivity index is 2.19. The van der Waals surface area contributed by atoms with Crippen LogP contribution in [0.25, 0.3) is 5.57 Å². The number of hydrogen-bond acceptors (Lipinski definition) is 3. The summed E-state index contributed by atoms with van der Waals surface area (Å²) in [5, 5.41) is 18.6. The number of allylic oxidation sites excluding steroid dienone is 2. The number of carboxylic acid groups (broad SMARTS) is 1. The Bertz CT molecular complexity index is 505. The van der Waals surface area contributed by atoms with Crippen molar-refractivity contribution < 1.29 is 19.7 Å². The predicted molar refractivity (Wildman–Crippen MR) is 72.2 cm³/mol. The van der Waals surface area contributed by atoms with Gasteiger partial charge in [0.15, 0.2) is 11.5 Å². The first-order valence-corrected chi connectivity index (χ1v) is 6.49. The van der Waals surface area contributed by atoms with Gasteiger partial charge in [0.25, 0.3) is 0 Å². The maximum absolute atomic E-state index is 10.9. The van der Waals surface area contributed by atoms with Crippen LogP contribution in [0.3, 0.4) is 0 Å². The number of aliphatic carboxylic acids is 1. The Kier molecular flexibility index (Phi) is 4.10. The summed E-state index contributed by atoms with van der Waals surface area (Å²) in [5.41, 5.74) is 2.11. The number of carboxylic acids is 1. The number of rotatable bonds is 4. The van der Waals surface area contributed by atoms with E-state index in [1.54, 1.807) is 6.07 Å². The van der Waals surface area contributed by atoms with E-state index in [0.29, 0.717) is 25.2 Å². The molecule has 4 heteroatoms. The van der Waals surface area contributed by atoms with Crippen LogP contribution in [0.1, 0.15) is 31.7 Å². The minimum atomic E-state index is -0.726. The smallest absolute Gasteiger partial charge is 0.306 e. The van der Waals surface area contributed by atoms with Crippen LogP contribution < -0.4 is 4.74 Å². The molecule has 0 spiro atoms. The Morgan fingerprint density at radius 2 is 2.26 bits per heavy atom. The van der Waals surface area contributed by atoms with E-state index in [0.717, 1.165) is 17.6 Å². The van der Waals surface area contributed by atoms with Crippen molar-refractivity contribution in [2.45, 2.75) is 26.2 Å². The normalized spacial score (nSPS) is 18.8. The second-order valence-electron chi connectivity index (χ2n) is 4.65. The van der Waals surface area contributed by atoms with Crippen LogP contribution in [-0.4, -0.2) is 22.8 Å². The van der Waals surface area contributed by atoms with E-state index in [9.17, 15) is 9.90 Å². The molecule has 1 atom stereocenters. The third-order valence-electron chi connectivity index (χ3n) is 3.39. The molecule has 0 saturated carbocycles. The molecule has 0 heterocycles. The van der Waals surface area contributed by atoms with Gasteiger partial charge in [-0.1, -0.05) is 12.1 Å². The van der Waals surface area contributed by atoms with Crippen LogP contribution >= 0.6 is 0 Å². The first-order valence-electron chi connectivity index (χ1n) is 6.49. The van der Waals surface area contributed by atoms with Crippen LogP contribution in [0.5, 0.6) is 11.5 Å². The van der Waals surface area contributed by atoms with Crippen molar-refractivity contribution in [2.75, 3.05) is 6.61 Å². The molecular formula is C15H18O4. The second-order valence-corrected chi connectivity index (χ2v) is 4.65. The molecule has 0 radical (unpaired) electrons. The summed E-state index contributed by atoms with van der Waals surface area (Å²) in [7, 11) is 0. The second kappa shape index (κ2) is 5.78. The van der Waals surface area contributed by atoms with Gasteiger partial charge in [-0.25, -0.2) is 0 Å². The van der Waals surface area contributed by atoms with Crippen LogP contribution in [-0.2, 0) is 4.79 Å². The molecule has 0 aromatic heterocycles. The molecule has 102 valence electrons. The van der Waals surface area contributed by atoms with Crippen molar-refractivity contribution in [1.29, 1.82) is 0 Å². The number of hydrogen-bond donors (Lipinski definition) is 2. The number of phenols is 1. The van der Waals surface area contributed by atoms with Gasteiger partial charge in [-0.2, -0.15) is 0 Å². The molecule has 0 amide bonds. The summed E-state index contributed by atoms with van der Waals surface area (Å²) in [5.74, 6) is -0.394. The molecule has 2 N–H and O–H groups in total. The van der Waals surface area contributed by atoms with Crippen molar-refractivity contribution in [3.05, 3.63) is 29.8 Å². The van der Waals surface area contributed by atoms with Crippen molar-refractivity contribution in [3.8, 4) is 11.5 Å². The number of phenolic OH excluding ortho intramolecular Hbond substituents is 1. The van der Waals surface area contributed by atoms with E-state index >= 15 is 0 Å². The number of carbonyl (C=O) groups is 1. The minimum absolute atomic E-state index is 0.130. The van der Waals surface area contributed by atoms with Crippen molar-refractivity contribution in [1.82, 2.24) is 0 Å². The van der Waals surface area contributed by atoms with Crippen LogP contribution in [0, 0.1) is 5.92 Å². The molecule has 1 aliphatic rings. The van der Waals surface area contributed by atoms with Crippen LogP contribution in [0.15, 0.2) is 24.3 Å². The summed E-state index contributed by atoms with van der Waals surface area (Å²) in [6.45, 7) is 2.36. The minimum Gasteiger partial charge on any atom is -0.504 e. The third-order valence-corrected chi connectivity index (χ3v) is 3.39. The summed E-state index contributed by atoms with van der Waals surface area (Å²) in [6.07, 6.45) is 3.94. The zero-order valence-corrected chi connectivity index (χ0v) is 10.9. The fourth-order valence-electron chi connectivity index (χ4n) is 2.31. The lowest BCUT2D eigenvalue weighted by molar-refractivity contribution is -0.141. The molecule has 1 aromatic carbocycles. The standard InChI is InChI=1S/C15H18O4/c1-2-19-14-9-12(7-8-13(14)16)10-3-5-11(6-4-10)15(17)18/h3,7-9,11,16H,2,4-6H2,1H3,(H,17,18). The maximum Gasteiger partial charge on any atom is 0.306 e. The summed E-state index contributed by atoms with van der Waals surface area (Å²) in [4.78, 5) is 10.9. The Morgan fingerprint density at radius 3 is 2.84 bits per heavy atom. The van der Waals surface area contributed by atoms with Crippen molar-refractivity contribution in [2.24, 2.45) is 5.92 Å². The molecule has 1 aliphatic carbocycles. The highest BCUT2D eigenvalue weighted by atomic mass is 16.5. The van der Waals surface area contributed by atoms with Crippen LogP contribution in [0.2, 0.25) is 0 Å². The molecule has 1 unspecified atom stereocenters. The quantitative estimate of drug-likeness (QED) is 0.875. The highest BCUT2D eigenvalue weighted by Gasteiger charge is 2.21. The van der Waals surface area contributed by atoms with Crippen molar-refractivity contribution in [3.63, 3.8) is 0 Å². The Morgan fingerprint density at radius 1 is 1.47 bits per heavy atom. The van der Waals surface area contributed by atoms with Gasteiger partial charge >= 0.3 is 5.97 Å². The Labute approximate surface area is 112 Å². The Hall–Kier alpha value is -1.97. The largest absolute Gasteiger partial charge is 0.504 e. The van der Waals surface area contributed by atoms with Gasteiger partial charge in [-0.05, 0) is 49.5 Å². The molecular weight excluding hydrogens is 244 g/mol. The van der Waals surface area contributed by atoms with Crippen LogP contribution in [0.4, 0.5) is 0 Å². The lowest BCUT2D eigenvalue weighted by Gasteiger charge is -2.19. The van der Waals surface area contributed by atoms with Gasteiger partial charge < -0.3 is 14.9 Å². The average molecular weight is 262 g/mol. The van der Waals surface area contributed by atoms with Gasteiger partial charge in [-0.15, -0.1) is 0 Å². The van der Waals surface area contributed by atoms with E-state index in [4.69, 9.17) is 9.84 Å². The SMILES string of the molecule is CCOc1cc(C2=CCC(C(=O)O)CC2)ccc1O. The first kappa shape index (κ1) is 13.5. The van der Waals surface area contributed by atoms with Gasteiger partial charge in [0, 0.05) is 0 Å². The maximum atomic E-state index is 10.9. The van der Waals surface area contributed by atoms with E-state index < -0.39 is 5.97 Å². The van der Waals surface area contributed by atoms with E-state index in [2.05, 4.69) is 0 Å². The molecule has 1 aromatic rings. The zero-order chi connectivity index (χ0) is 13.8. The molecule has 0 saturated heterocycles. The molecule has 0 aliphatic heterocycles. The van der Waals surface area contributed by atoms with E-state index in [1.165, 1.54) is 0 Å². The van der Waals surface area contributed by atoms with Gasteiger partial charge in [-0.3, -0.25) is 4.79 Å². The summed E-state index contributed by atoms with van der Waals surface area (Å²) in [6, 6.07) is 5.26. The lowest BCUT2D eigenvalue weighted by Crippen LogP contribution is -2.15. The highest BCUT2D eigenvalue weighted by Crippen LogP contribution is 2.35. The molecule has 4 nitrogen and oxygen atoms in total. The van der Waals surface area contributed by atoms with Crippen molar-refractivity contribution >= 4 is 11.5 Å². The average Bonchev–Trinajstić information content (AvgIpc) is 2.41. The molecule has 2 rings (SSSR count). The first-order chi connectivity index (χ1) is 9.11. The molecule has 0 fully saturated rings. The number of ether oxygens (including phenoxy) is 1. The predicted octanol–water partition coefficient (Wildman–Crippen LogP) is 3.06. The number of benzene rings is 1. The van der Waals surface area contributed by atoms with Gasteiger partial charge in [0.1, 0.15) is 0 Å². The van der Waals surface area contributed by atoms with E-state index in [-0.39, 0.29) is 11.7 Å². The molecule has 19 heavy (non-hydrogen) atoms. The zero-order valence-electron chi connectivity index (χ0n) is 10.9. The topological polar surface area (TPSA) is 66.8 Å². The monoisotopic (exact) mass is 262 g/mol. The third kappa shape index (κ3) is 3.08. The van der Waals surface area contributed by atoms with Gasteiger partial charge in [0.05, 0.1) is 12.5 Å². The number of aromatic hydroxyl groups is 1.